The summed E-state index contributed by atoms with van der Waals surface area (Å²) in [6.07, 6.45) is 7.64. The average Bonchev–Trinajstić information content (AvgIpc) is 2.69. The van der Waals surface area contributed by atoms with Crippen LogP contribution in [0.4, 0.5) is 0 Å². The van der Waals surface area contributed by atoms with E-state index in [0.29, 0.717) is 39.6 Å². The fourth-order valence-electron chi connectivity index (χ4n) is 8.70. The first-order chi connectivity index (χ1) is 13.8. The van der Waals surface area contributed by atoms with Gasteiger partial charge in [0, 0.05) is 10.8 Å². The Morgan fingerprint density at radius 2 is 0.862 bits per heavy atom. The van der Waals surface area contributed by atoms with Crippen LogP contribution < -0.4 is 0 Å². The molecule has 10 rings (SSSR count). The molecule has 0 N–H and O–H groups in total. The van der Waals surface area contributed by atoms with Crippen molar-refractivity contribution in [2.45, 2.75) is 38.5 Å². The topological polar surface area (TPSA) is 89.5 Å². The van der Waals surface area contributed by atoms with Crippen LogP contribution in [0.25, 0.3) is 0 Å². The molecular weight excluding hydrogens is 418 g/mol. The van der Waals surface area contributed by atoms with E-state index in [2.05, 4.69) is 0 Å². The van der Waals surface area contributed by atoms with Crippen molar-refractivity contribution in [3.8, 4) is 0 Å². The van der Waals surface area contributed by atoms with E-state index >= 15 is 0 Å². The molecule has 4 saturated carbocycles. The van der Waals surface area contributed by atoms with Gasteiger partial charge in [0.1, 0.15) is 0 Å². The molecule has 6 saturated heterocycles. The maximum Gasteiger partial charge on any atom is 0.474 e. The minimum Gasteiger partial charge on any atom is -0.286 e. The predicted octanol–water partition coefficient (Wildman–Crippen LogP) is 4.16. The molecule has 0 unspecified atom stereocenters. The first-order valence-corrected chi connectivity index (χ1v) is 13.8. The van der Waals surface area contributed by atoms with Gasteiger partial charge in [0.15, 0.2) is 0 Å². The SMILES string of the molecule is O=P12OCC(C(C34COP(=O)(OC3)OC4)C34CC5CC(CC(C5)C3)C4)(CO1)CO2. The molecule has 0 aromatic carbocycles. The van der Waals surface area contributed by atoms with Gasteiger partial charge in [-0.1, -0.05) is 0 Å². The maximum absolute atomic E-state index is 12.5. The van der Waals surface area contributed by atoms with Gasteiger partial charge in [0.05, 0.1) is 39.6 Å². The molecule has 8 nitrogen and oxygen atoms in total. The van der Waals surface area contributed by atoms with Gasteiger partial charge in [-0.15, -0.1) is 0 Å². The molecule has 10 fully saturated rings. The summed E-state index contributed by atoms with van der Waals surface area (Å²) in [6.45, 7) is 2.23. The molecule has 8 bridgehead atoms. The first-order valence-electron chi connectivity index (χ1n) is 10.9. The number of hydrogen-bond donors (Lipinski definition) is 0. The Labute approximate surface area is 170 Å². The zero-order valence-corrected chi connectivity index (χ0v) is 18.2. The van der Waals surface area contributed by atoms with Crippen molar-refractivity contribution in [1.29, 1.82) is 0 Å². The standard InChI is InChI=1S/C19H28O8P2/c20-28-22-7-18(8-23-28,9-24-28)16(19-10-25-29(21,26-11-19)27-12-19)17-4-13-1-14(5-17)3-15(2-13)6-17/h13-16H,1-12H2. The van der Waals surface area contributed by atoms with Crippen molar-refractivity contribution in [3.05, 3.63) is 0 Å². The lowest BCUT2D eigenvalue weighted by molar-refractivity contribution is -0.255. The Bertz CT molecular complexity index is 698. The second-order valence-electron chi connectivity index (χ2n) is 11.0. The summed E-state index contributed by atoms with van der Waals surface area (Å²) in [6, 6.07) is 0. The van der Waals surface area contributed by atoms with Crippen molar-refractivity contribution in [2.24, 2.45) is 39.9 Å². The number of fused-ring (bicyclic) bond motifs is 6. The fraction of sp³-hybridized carbons (Fsp3) is 1.00. The summed E-state index contributed by atoms with van der Waals surface area (Å²) >= 11 is 0. The van der Waals surface area contributed by atoms with Crippen LogP contribution >= 0.6 is 15.6 Å². The molecule has 0 aromatic rings. The Kier molecular flexibility index (Phi) is 3.73. The van der Waals surface area contributed by atoms with Crippen molar-refractivity contribution in [1.82, 2.24) is 0 Å². The van der Waals surface area contributed by atoms with E-state index in [1.807, 2.05) is 0 Å². The summed E-state index contributed by atoms with van der Waals surface area (Å²) in [4.78, 5) is 0. The molecular formula is C19H28O8P2. The average molecular weight is 446 g/mol. The normalized spacial score (nSPS) is 61.2. The van der Waals surface area contributed by atoms with Gasteiger partial charge < -0.3 is 0 Å². The van der Waals surface area contributed by atoms with Gasteiger partial charge in [0.25, 0.3) is 0 Å². The molecule has 6 heterocycles. The highest BCUT2D eigenvalue weighted by Crippen LogP contribution is 2.74. The quantitative estimate of drug-likeness (QED) is 0.597. The van der Waals surface area contributed by atoms with E-state index in [1.165, 1.54) is 38.5 Å². The summed E-state index contributed by atoms with van der Waals surface area (Å²) in [7, 11) is -6.79. The van der Waals surface area contributed by atoms with E-state index in [-0.39, 0.29) is 11.3 Å². The third-order valence-corrected chi connectivity index (χ3v) is 11.7. The van der Waals surface area contributed by atoms with E-state index in [0.717, 1.165) is 17.8 Å². The number of phosphoric ester groups is 2. The van der Waals surface area contributed by atoms with Crippen molar-refractivity contribution in [3.63, 3.8) is 0 Å². The molecule has 4 aliphatic carbocycles. The highest BCUT2D eigenvalue weighted by atomic mass is 31.2. The van der Waals surface area contributed by atoms with Crippen LogP contribution in [0.15, 0.2) is 0 Å². The maximum atomic E-state index is 12.5. The molecule has 0 radical (unpaired) electrons. The van der Waals surface area contributed by atoms with Crippen molar-refractivity contribution in [2.75, 3.05) is 39.6 Å². The lowest BCUT2D eigenvalue weighted by atomic mass is 9.40. The molecule has 0 amide bonds. The predicted molar refractivity (Wildman–Crippen MR) is 99.9 cm³/mol. The second-order valence-corrected chi connectivity index (χ2v) is 14.3. The Morgan fingerprint density at radius 3 is 1.17 bits per heavy atom. The van der Waals surface area contributed by atoms with E-state index in [9.17, 15) is 9.13 Å². The fourth-order valence-corrected chi connectivity index (χ4v) is 11.6. The largest absolute Gasteiger partial charge is 0.474 e. The monoisotopic (exact) mass is 446 g/mol. The Hall–Kier alpha value is 0.220. The molecule has 29 heavy (non-hydrogen) atoms. The number of hydrogen-bond acceptors (Lipinski definition) is 8. The summed E-state index contributed by atoms with van der Waals surface area (Å²) in [5, 5.41) is 0. The summed E-state index contributed by atoms with van der Waals surface area (Å²) < 4.78 is 58.9. The minimum absolute atomic E-state index is 0.123. The summed E-state index contributed by atoms with van der Waals surface area (Å²) in [5.74, 6) is 2.45. The third kappa shape index (κ3) is 2.55. The number of rotatable bonds is 3. The van der Waals surface area contributed by atoms with E-state index in [4.69, 9.17) is 27.1 Å². The smallest absolute Gasteiger partial charge is 0.286 e. The highest BCUT2D eigenvalue weighted by Gasteiger charge is 2.70. The third-order valence-electron chi connectivity index (χ3n) is 8.98. The number of phosphoric acid groups is 2. The molecule has 6 aliphatic heterocycles. The summed E-state index contributed by atoms with van der Waals surface area (Å²) in [5.41, 5.74) is -0.697. The van der Waals surface area contributed by atoms with Gasteiger partial charge in [-0.05, 0) is 67.6 Å². The minimum atomic E-state index is -3.39. The van der Waals surface area contributed by atoms with Gasteiger partial charge in [0.2, 0.25) is 0 Å². The van der Waals surface area contributed by atoms with E-state index in [1.54, 1.807) is 0 Å². The highest BCUT2D eigenvalue weighted by molar-refractivity contribution is 7.48. The lowest BCUT2D eigenvalue weighted by Gasteiger charge is -2.68. The first kappa shape index (κ1) is 18.8. The molecule has 0 aromatic heterocycles. The van der Waals surface area contributed by atoms with Crippen LogP contribution in [0, 0.1) is 39.9 Å². The van der Waals surface area contributed by atoms with Crippen molar-refractivity contribution >= 4 is 15.6 Å². The lowest BCUT2D eigenvalue weighted by Crippen LogP contribution is -2.67. The second kappa shape index (κ2) is 5.77. The molecule has 0 atom stereocenters. The van der Waals surface area contributed by atoms with Gasteiger partial charge in [-0.25, -0.2) is 9.13 Å². The molecule has 10 heteroatoms. The van der Waals surface area contributed by atoms with Crippen LogP contribution in [0.2, 0.25) is 0 Å². The van der Waals surface area contributed by atoms with Gasteiger partial charge in [-0.3, -0.25) is 27.1 Å². The van der Waals surface area contributed by atoms with Gasteiger partial charge in [-0.2, -0.15) is 0 Å². The van der Waals surface area contributed by atoms with Crippen LogP contribution in [0.3, 0.4) is 0 Å². The molecule has 162 valence electrons. The zero-order valence-electron chi connectivity index (χ0n) is 16.5. The van der Waals surface area contributed by atoms with E-state index < -0.39 is 26.5 Å². The van der Waals surface area contributed by atoms with Crippen LogP contribution in [0.5, 0.6) is 0 Å². The van der Waals surface area contributed by atoms with Crippen LogP contribution in [0.1, 0.15) is 38.5 Å². The Balaban J connectivity index is 1.35. The Morgan fingerprint density at radius 1 is 0.552 bits per heavy atom. The zero-order chi connectivity index (χ0) is 19.5. The van der Waals surface area contributed by atoms with Crippen molar-refractivity contribution < 1.29 is 36.3 Å². The van der Waals surface area contributed by atoms with Crippen LogP contribution in [-0.4, -0.2) is 39.6 Å². The van der Waals surface area contributed by atoms with Crippen LogP contribution in [-0.2, 0) is 36.3 Å². The molecule has 0 spiro atoms. The van der Waals surface area contributed by atoms with Gasteiger partial charge >= 0.3 is 15.6 Å². The molecule has 10 aliphatic rings.